The van der Waals surface area contributed by atoms with Crippen molar-refractivity contribution in [1.82, 2.24) is 0 Å². The van der Waals surface area contributed by atoms with Gasteiger partial charge in [0.2, 0.25) is 0 Å². The Kier molecular flexibility index (Phi) is 8.67. The minimum Gasteiger partial charge on any atom is -0.493 e. The Morgan fingerprint density at radius 1 is 0.889 bits per heavy atom. The van der Waals surface area contributed by atoms with Crippen LogP contribution < -0.4 is 19.1 Å². The first kappa shape index (κ1) is 25.8. The molecule has 5 nitrogen and oxygen atoms in total. The molecular formula is C29H29NO4S2. The summed E-state index contributed by atoms with van der Waals surface area (Å²) >= 11 is 6.76. The van der Waals surface area contributed by atoms with E-state index in [4.69, 9.17) is 26.4 Å². The molecule has 1 saturated heterocycles. The fourth-order valence-corrected chi connectivity index (χ4v) is 5.17. The molecule has 0 bridgehead atoms. The lowest BCUT2D eigenvalue weighted by molar-refractivity contribution is -0.113. The number of aryl methyl sites for hydroxylation is 2. The van der Waals surface area contributed by atoms with Gasteiger partial charge in [0.1, 0.15) is 5.75 Å². The summed E-state index contributed by atoms with van der Waals surface area (Å²) < 4.78 is 18.2. The number of thiocarbonyl (C=S) groups is 1. The predicted octanol–water partition coefficient (Wildman–Crippen LogP) is 6.96. The van der Waals surface area contributed by atoms with Crippen molar-refractivity contribution in [2.75, 3.05) is 24.7 Å². The summed E-state index contributed by atoms with van der Waals surface area (Å²) in [6.45, 7) is 7.62. The maximum absolute atomic E-state index is 13.0. The first-order valence-electron chi connectivity index (χ1n) is 11.9. The van der Waals surface area contributed by atoms with Crippen LogP contribution in [0.2, 0.25) is 0 Å². The third-order valence-corrected chi connectivity index (χ3v) is 6.69. The van der Waals surface area contributed by atoms with Gasteiger partial charge in [0, 0.05) is 6.42 Å². The standard InChI is InChI=1S/C29H29NO4S2/c1-4-32-26-18-22(19-27-28(31)30(29(35)36-27)23-9-6-5-7-10-23)11-12-25(26)34-14-8-13-33-24-16-20(2)15-21(3)17-24/h5-7,9-12,15-19H,4,8,13-14H2,1-3H3/b27-19+. The lowest BCUT2D eigenvalue weighted by Crippen LogP contribution is -2.27. The lowest BCUT2D eigenvalue weighted by Gasteiger charge is -2.14. The molecule has 1 amide bonds. The summed E-state index contributed by atoms with van der Waals surface area (Å²) in [5.74, 6) is 2.06. The maximum atomic E-state index is 13.0. The molecule has 0 N–H and O–H groups in total. The van der Waals surface area contributed by atoms with E-state index >= 15 is 0 Å². The van der Waals surface area contributed by atoms with Gasteiger partial charge in [-0.15, -0.1) is 0 Å². The van der Waals surface area contributed by atoms with E-state index < -0.39 is 0 Å². The van der Waals surface area contributed by atoms with E-state index in [1.807, 2.05) is 73.7 Å². The molecule has 1 aliphatic heterocycles. The molecular weight excluding hydrogens is 490 g/mol. The molecule has 4 rings (SSSR count). The number of ether oxygens (including phenoxy) is 3. The number of benzene rings is 3. The maximum Gasteiger partial charge on any atom is 0.270 e. The molecule has 0 atom stereocenters. The molecule has 3 aromatic carbocycles. The normalized spacial score (nSPS) is 14.4. The number of carbonyl (C=O) groups excluding carboxylic acids is 1. The highest BCUT2D eigenvalue weighted by Crippen LogP contribution is 2.37. The number of anilines is 1. The topological polar surface area (TPSA) is 48.0 Å². The first-order valence-corrected chi connectivity index (χ1v) is 13.1. The summed E-state index contributed by atoms with van der Waals surface area (Å²) in [4.78, 5) is 15.2. The third kappa shape index (κ3) is 6.47. The fourth-order valence-electron chi connectivity index (χ4n) is 3.87. The molecule has 186 valence electrons. The molecule has 1 fully saturated rings. The van der Waals surface area contributed by atoms with Gasteiger partial charge in [-0.1, -0.05) is 54.3 Å². The van der Waals surface area contributed by atoms with Crippen LogP contribution >= 0.6 is 24.0 Å². The monoisotopic (exact) mass is 519 g/mol. The van der Waals surface area contributed by atoms with E-state index in [1.165, 1.54) is 22.9 Å². The van der Waals surface area contributed by atoms with Crippen molar-refractivity contribution in [3.8, 4) is 17.2 Å². The predicted molar refractivity (Wildman–Crippen MR) is 151 cm³/mol. The quantitative estimate of drug-likeness (QED) is 0.164. The van der Waals surface area contributed by atoms with Gasteiger partial charge >= 0.3 is 0 Å². The van der Waals surface area contributed by atoms with Crippen molar-refractivity contribution in [2.45, 2.75) is 27.2 Å². The van der Waals surface area contributed by atoms with Crippen molar-refractivity contribution >= 4 is 46.0 Å². The fraction of sp³-hybridized carbons (Fsp3) is 0.241. The van der Waals surface area contributed by atoms with Crippen LogP contribution in [0.25, 0.3) is 6.08 Å². The molecule has 3 aromatic rings. The van der Waals surface area contributed by atoms with E-state index in [-0.39, 0.29) is 5.91 Å². The summed E-state index contributed by atoms with van der Waals surface area (Å²) in [5.41, 5.74) is 3.98. The van der Waals surface area contributed by atoms with Gasteiger partial charge in [-0.3, -0.25) is 9.69 Å². The minimum absolute atomic E-state index is 0.127. The Morgan fingerprint density at radius 2 is 1.61 bits per heavy atom. The van der Waals surface area contributed by atoms with Crippen LogP contribution in [0.1, 0.15) is 30.0 Å². The lowest BCUT2D eigenvalue weighted by atomic mass is 10.1. The number of thioether (sulfide) groups is 1. The average molecular weight is 520 g/mol. The summed E-state index contributed by atoms with van der Waals surface area (Å²) in [6.07, 6.45) is 2.58. The van der Waals surface area contributed by atoms with Crippen molar-refractivity contribution in [1.29, 1.82) is 0 Å². The molecule has 1 heterocycles. The molecule has 0 saturated carbocycles. The first-order chi connectivity index (χ1) is 17.4. The number of amides is 1. The zero-order valence-corrected chi connectivity index (χ0v) is 22.3. The Bertz CT molecular complexity index is 1250. The van der Waals surface area contributed by atoms with Crippen LogP contribution in [0.15, 0.2) is 71.6 Å². The van der Waals surface area contributed by atoms with Crippen molar-refractivity contribution < 1.29 is 19.0 Å². The highest BCUT2D eigenvalue weighted by Gasteiger charge is 2.33. The second-order valence-corrected chi connectivity index (χ2v) is 10.0. The van der Waals surface area contributed by atoms with Crippen LogP contribution in [0, 0.1) is 13.8 Å². The van der Waals surface area contributed by atoms with E-state index in [0.717, 1.165) is 23.4 Å². The number of carbonyl (C=O) groups is 1. The highest BCUT2D eigenvalue weighted by atomic mass is 32.2. The third-order valence-electron chi connectivity index (χ3n) is 5.38. The molecule has 7 heteroatoms. The second-order valence-electron chi connectivity index (χ2n) is 8.37. The van der Waals surface area contributed by atoms with Crippen LogP contribution in [0.5, 0.6) is 17.2 Å². The van der Waals surface area contributed by atoms with Gasteiger partial charge in [0.15, 0.2) is 15.8 Å². The van der Waals surface area contributed by atoms with Crippen molar-refractivity contribution in [3.05, 3.63) is 88.3 Å². The van der Waals surface area contributed by atoms with Gasteiger partial charge in [0.05, 0.1) is 30.4 Å². The summed E-state index contributed by atoms with van der Waals surface area (Å²) in [7, 11) is 0. The number of hydrogen-bond donors (Lipinski definition) is 0. The molecule has 0 unspecified atom stereocenters. The van der Waals surface area contributed by atoms with Crippen LogP contribution in [-0.4, -0.2) is 30.0 Å². The van der Waals surface area contributed by atoms with Gasteiger partial charge in [-0.25, -0.2) is 0 Å². The molecule has 0 aromatic heterocycles. The Balaban J connectivity index is 1.38. The largest absolute Gasteiger partial charge is 0.493 e. The van der Waals surface area contributed by atoms with Crippen molar-refractivity contribution in [3.63, 3.8) is 0 Å². The van der Waals surface area contributed by atoms with E-state index in [2.05, 4.69) is 19.9 Å². The summed E-state index contributed by atoms with van der Waals surface area (Å²) in [6, 6.07) is 21.3. The van der Waals surface area contributed by atoms with E-state index in [0.29, 0.717) is 40.5 Å². The number of nitrogens with zero attached hydrogens (tertiary/aromatic N) is 1. The highest BCUT2D eigenvalue weighted by molar-refractivity contribution is 8.27. The van der Waals surface area contributed by atoms with E-state index in [1.54, 1.807) is 4.90 Å². The van der Waals surface area contributed by atoms with Crippen LogP contribution in [0.3, 0.4) is 0 Å². The SMILES string of the molecule is CCOc1cc(/C=C2/SC(=S)N(c3ccccc3)C2=O)ccc1OCCCOc1cc(C)cc(C)c1. The second kappa shape index (κ2) is 12.1. The molecule has 0 aliphatic carbocycles. The van der Waals surface area contributed by atoms with E-state index in [9.17, 15) is 4.79 Å². The zero-order chi connectivity index (χ0) is 25.5. The van der Waals surface area contributed by atoms with Crippen molar-refractivity contribution in [2.24, 2.45) is 0 Å². The molecule has 36 heavy (non-hydrogen) atoms. The van der Waals surface area contributed by atoms with Gasteiger partial charge in [-0.05, 0) is 79.9 Å². The Morgan fingerprint density at radius 3 is 2.33 bits per heavy atom. The number of rotatable bonds is 10. The Hall–Kier alpha value is -3.29. The number of para-hydroxylation sites is 1. The zero-order valence-electron chi connectivity index (χ0n) is 20.7. The van der Waals surface area contributed by atoms with Gasteiger partial charge in [-0.2, -0.15) is 0 Å². The average Bonchev–Trinajstić information content (AvgIpc) is 3.12. The van der Waals surface area contributed by atoms with Crippen LogP contribution in [0.4, 0.5) is 5.69 Å². The Labute approximate surface area is 222 Å². The van der Waals surface area contributed by atoms with Crippen LogP contribution in [-0.2, 0) is 4.79 Å². The molecule has 0 radical (unpaired) electrons. The van der Waals surface area contributed by atoms with Gasteiger partial charge in [0.25, 0.3) is 5.91 Å². The molecule has 1 aliphatic rings. The minimum atomic E-state index is -0.127. The van der Waals surface area contributed by atoms with Gasteiger partial charge < -0.3 is 14.2 Å². The smallest absolute Gasteiger partial charge is 0.270 e. The molecule has 0 spiro atoms. The number of hydrogen-bond acceptors (Lipinski definition) is 6. The summed E-state index contributed by atoms with van der Waals surface area (Å²) in [5, 5.41) is 0.